The largest absolute Gasteiger partial charge is 0.394 e. The third-order valence-electron chi connectivity index (χ3n) is 10.1. The molecule has 1 rings (SSSR count). The molecule has 8 heteroatoms. The first-order valence-corrected chi connectivity index (χ1v) is 20.4. The highest BCUT2D eigenvalue weighted by molar-refractivity contribution is 5.74. The average molecular weight is 670 g/mol. The van der Waals surface area contributed by atoms with Gasteiger partial charge in [0.2, 0.25) is 0 Å². The van der Waals surface area contributed by atoms with E-state index in [0.29, 0.717) is 13.1 Å². The standard InChI is InChI=1S/C39H79N3O5/c1-3-5-7-9-11-13-15-17-18-19-20-21-23-25-27-29-31-41-39(46)42(38-35(40)37(45)36(44)34(33-43)47-38)32-30-28-26-24-22-16-14-12-10-8-6-4-2/h34-38,43-45H,3-33,40H2,1-2H3,(H,41,46)/t34-,35+,36+,37-,38-/m1/s1. The van der Waals surface area contributed by atoms with Gasteiger partial charge in [0.15, 0.2) is 6.23 Å². The van der Waals surface area contributed by atoms with Crippen molar-refractivity contribution in [1.82, 2.24) is 10.2 Å². The number of aliphatic hydroxyl groups excluding tert-OH is 3. The van der Waals surface area contributed by atoms with Gasteiger partial charge in [0.05, 0.1) is 12.6 Å². The van der Waals surface area contributed by atoms with Gasteiger partial charge in [-0.05, 0) is 12.8 Å². The third-order valence-corrected chi connectivity index (χ3v) is 10.1. The van der Waals surface area contributed by atoms with Gasteiger partial charge in [-0.15, -0.1) is 0 Å². The predicted molar refractivity (Wildman–Crippen MR) is 196 cm³/mol. The topological polar surface area (TPSA) is 128 Å². The van der Waals surface area contributed by atoms with E-state index < -0.39 is 37.2 Å². The SMILES string of the molecule is CCCCCCCCCCCCCCCCCCNC(=O)N(CCCCCCCCCCCCCC)[C@@H]1O[C@H](CO)[C@H](O)[C@H](O)[C@@H]1N. The molecular weight excluding hydrogens is 590 g/mol. The van der Waals surface area contributed by atoms with Crippen LogP contribution in [0.2, 0.25) is 0 Å². The normalized spacial score (nSPS) is 21.3. The lowest BCUT2D eigenvalue weighted by atomic mass is 9.96. The minimum absolute atomic E-state index is 0.255. The molecule has 1 aliphatic rings. The predicted octanol–water partition coefficient (Wildman–Crippen LogP) is 8.73. The van der Waals surface area contributed by atoms with E-state index in [9.17, 15) is 20.1 Å². The summed E-state index contributed by atoms with van der Waals surface area (Å²) in [6, 6.07) is -1.21. The summed E-state index contributed by atoms with van der Waals surface area (Å²) >= 11 is 0. The molecule has 0 spiro atoms. The van der Waals surface area contributed by atoms with Gasteiger partial charge in [0.1, 0.15) is 18.3 Å². The first-order chi connectivity index (χ1) is 23.0. The summed E-state index contributed by atoms with van der Waals surface area (Å²) in [7, 11) is 0. The smallest absolute Gasteiger partial charge is 0.319 e. The molecule has 1 saturated heterocycles. The van der Waals surface area contributed by atoms with Crippen LogP contribution in [0.1, 0.15) is 194 Å². The molecule has 0 radical (unpaired) electrons. The summed E-state index contributed by atoms with van der Waals surface area (Å²) in [4.78, 5) is 14.9. The van der Waals surface area contributed by atoms with Gasteiger partial charge in [-0.3, -0.25) is 4.90 Å². The monoisotopic (exact) mass is 670 g/mol. The minimum Gasteiger partial charge on any atom is -0.394 e. The van der Waals surface area contributed by atoms with E-state index in [0.717, 1.165) is 32.1 Å². The number of hydrogen-bond acceptors (Lipinski definition) is 6. The molecule has 8 nitrogen and oxygen atoms in total. The van der Waals surface area contributed by atoms with Crippen molar-refractivity contribution in [2.24, 2.45) is 5.73 Å². The van der Waals surface area contributed by atoms with Crippen LogP contribution in [-0.2, 0) is 4.74 Å². The third kappa shape index (κ3) is 21.7. The van der Waals surface area contributed by atoms with Crippen LogP contribution in [0.15, 0.2) is 0 Å². The van der Waals surface area contributed by atoms with Gasteiger partial charge in [-0.1, -0.05) is 181 Å². The van der Waals surface area contributed by atoms with Gasteiger partial charge < -0.3 is 31.1 Å². The highest BCUT2D eigenvalue weighted by Crippen LogP contribution is 2.24. The van der Waals surface area contributed by atoms with Crippen molar-refractivity contribution in [3.63, 3.8) is 0 Å². The Morgan fingerprint density at radius 3 is 1.34 bits per heavy atom. The first kappa shape index (κ1) is 44.1. The zero-order valence-corrected chi connectivity index (χ0v) is 31.0. The minimum atomic E-state index is -1.28. The number of nitrogens with zero attached hydrogens (tertiary/aromatic N) is 1. The molecular formula is C39H79N3O5. The van der Waals surface area contributed by atoms with E-state index in [1.165, 1.54) is 148 Å². The number of nitrogens with one attached hydrogen (secondary N) is 1. The fraction of sp³-hybridized carbons (Fsp3) is 0.974. The molecule has 0 bridgehead atoms. The van der Waals surface area contributed by atoms with Crippen molar-refractivity contribution in [3.05, 3.63) is 0 Å². The van der Waals surface area contributed by atoms with Crippen molar-refractivity contribution >= 4 is 6.03 Å². The zero-order valence-electron chi connectivity index (χ0n) is 31.0. The Morgan fingerprint density at radius 1 is 0.596 bits per heavy atom. The lowest BCUT2D eigenvalue weighted by Gasteiger charge is -2.45. The number of hydrogen-bond donors (Lipinski definition) is 5. The molecule has 47 heavy (non-hydrogen) atoms. The van der Waals surface area contributed by atoms with Crippen LogP contribution in [0.5, 0.6) is 0 Å². The van der Waals surface area contributed by atoms with Crippen molar-refractivity contribution in [2.45, 2.75) is 224 Å². The van der Waals surface area contributed by atoms with Crippen molar-refractivity contribution in [1.29, 1.82) is 0 Å². The Kier molecular flexibility index (Phi) is 29.2. The molecule has 0 aromatic carbocycles. The maximum Gasteiger partial charge on any atom is 0.319 e. The maximum absolute atomic E-state index is 13.3. The number of carbonyl (C=O) groups excluding carboxylic acids is 1. The molecule has 5 atom stereocenters. The molecule has 1 heterocycles. The Labute approximate surface area is 290 Å². The number of aliphatic hydroxyl groups is 3. The van der Waals surface area contributed by atoms with E-state index >= 15 is 0 Å². The second-order valence-corrected chi connectivity index (χ2v) is 14.4. The summed E-state index contributed by atoms with van der Waals surface area (Å²) in [5, 5.41) is 33.5. The lowest BCUT2D eigenvalue weighted by molar-refractivity contribution is -0.218. The van der Waals surface area contributed by atoms with Crippen LogP contribution >= 0.6 is 0 Å². The number of nitrogens with two attached hydrogens (primary N) is 1. The summed E-state index contributed by atoms with van der Waals surface area (Å²) in [5.41, 5.74) is 6.26. The van der Waals surface area contributed by atoms with E-state index in [2.05, 4.69) is 19.2 Å². The number of ether oxygens (including phenoxy) is 1. The van der Waals surface area contributed by atoms with E-state index in [4.69, 9.17) is 10.5 Å². The molecule has 0 aliphatic carbocycles. The Bertz CT molecular complexity index is 698. The quantitative estimate of drug-likeness (QED) is 0.0456. The Hall–Kier alpha value is -0.930. The van der Waals surface area contributed by atoms with Crippen molar-refractivity contribution in [2.75, 3.05) is 19.7 Å². The van der Waals surface area contributed by atoms with E-state index in [1.807, 2.05) is 0 Å². The van der Waals surface area contributed by atoms with Crippen LogP contribution in [0.4, 0.5) is 4.79 Å². The molecule has 0 aromatic heterocycles. The second-order valence-electron chi connectivity index (χ2n) is 14.4. The summed E-state index contributed by atoms with van der Waals surface area (Å²) in [5.74, 6) is 0. The van der Waals surface area contributed by atoms with Gasteiger partial charge in [-0.25, -0.2) is 4.79 Å². The molecule has 1 fully saturated rings. The molecule has 6 N–H and O–H groups in total. The van der Waals surface area contributed by atoms with E-state index in [-0.39, 0.29) is 6.03 Å². The van der Waals surface area contributed by atoms with Crippen molar-refractivity contribution < 1.29 is 24.9 Å². The molecule has 2 amide bonds. The highest BCUT2D eigenvalue weighted by Gasteiger charge is 2.45. The van der Waals surface area contributed by atoms with Crippen LogP contribution < -0.4 is 11.1 Å². The first-order valence-electron chi connectivity index (χ1n) is 20.4. The van der Waals surface area contributed by atoms with Gasteiger partial charge in [0.25, 0.3) is 0 Å². The Balaban J connectivity index is 2.28. The summed E-state index contributed by atoms with van der Waals surface area (Å²) in [6.07, 6.45) is 31.3. The van der Waals surface area contributed by atoms with Crippen LogP contribution in [-0.4, -0.2) is 76.5 Å². The molecule has 0 saturated carbocycles. The lowest BCUT2D eigenvalue weighted by Crippen LogP contribution is -2.67. The molecule has 0 aromatic rings. The highest BCUT2D eigenvalue weighted by atomic mass is 16.5. The van der Waals surface area contributed by atoms with Gasteiger partial charge >= 0.3 is 6.03 Å². The molecule has 1 aliphatic heterocycles. The van der Waals surface area contributed by atoms with Gasteiger partial charge in [0, 0.05) is 13.1 Å². The molecule has 0 unspecified atom stereocenters. The number of rotatable bonds is 32. The number of unbranched alkanes of at least 4 members (excludes halogenated alkanes) is 26. The molecule has 280 valence electrons. The van der Waals surface area contributed by atoms with Gasteiger partial charge in [-0.2, -0.15) is 0 Å². The fourth-order valence-corrected chi connectivity index (χ4v) is 6.84. The summed E-state index contributed by atoms with van der Waals surface area (Å²) in [6.45, 7) is 5.13. The fourth-order valence-electron chi connectivity index (χ4n) is 6.84. The Morgan fingerprint density at radius 2 is 0.957 bits per heavy atom. The van der Waals surface area contributed by atoms with Crippen LogP contribution in [0.25, 0.3) is 0 Å². The van der Waals surface area contributed by atoms with E-state index in [1.54, 1.807) is 4.90 Å². The zero-order chi connectivity index (χ0) is 34.4. The average Bonchev–Trinajstić information content (AvgIpc) is 3.07. The number of urea groups is 1. The van der Waals surface area contributed by atoms with Crippen molar-refractivity contribution in [3.8, 4) is 0 Å². The number of carbonyl (C=O) groups is 1. The van der Waals surface area contributed by atoms with Crippen LogP contribution in [0.3, 0.4) is 0 Å². The second kappa shape index (κ2) is 31.1. The summed E-state index contributed by atoms with van der Waals surface area (Å²) < 4.78 is 5.89. The number of amides is 2. The van der Waals surface area contributed by atoms with Crippen LogP contribution in [0, 0.1) is 0 Å². The maximum atomic E-state index is 13.3.